The third kappa shape index (κ3) is 2.49. The van der Waals surface area contributed by atoms with Gasteiger partial charge < -0.3 is 8.98 Å². The van der Waals surface area contributed by atoms with Crippen LogP contribution < -0.4 is 0 Å². The van der Waals surface area contributed by atoms with Gasteiger partial charge in [0.1, 0.15) is 5.58 Å². The Morgan fingerprint density at radius 1 is 0.706 bits per heavy atom. The zero-order valence-corrected chi connectivity index (χ0v) is 18.1. The molecule has 0 N–H and O–H groups in total. The molecule has 0 saturated heterocycles. The van der Waals surface area contributed by atoms with Gasteiger partial charge in [0.2, 0.25) is 0 Å². The molecule has 0 atom stereocenters. The molecular formula is C30H17N3O. The van der Waals surface area contributed by atoms with Crippen LogP contribution in [0, 0.1) is 11.3 Å². The summed E-state index contributed by atoms with van der Waals surface area (Å²) in [6, 6.07) is 33.1. The molecule has 3 heterocycles. The van der Waals surface area contributed by atoms with Crippen LogP contribution in [0.5, 0.6) is 0 Å². The topological polar surface area (TPSA) is 54.8 Å². The van der Waals surface area contributed by atoms with E-state index in [-0.39, 0.29) is 0 Å². The minimum atomic E-state index is 0.595. The van der Waals surface area contributed by atoms with Crippen LogP contribution in [0.2, 0.25) is 0 Å². The molecule has 0 spiro atoms. The first-order valence-electron chi connectivity index (χ1n) is 11.1. The van der Waals surface area contributed by atoms with E-state index in [1.165, 1.54) is 0 Å². The maximum atomic E-state index is 9.77. The SMILES string of the molecule is N#Cc1ccncc1-c1ccccc1-n1c2ccccc2c2ccc3c4ccccc4oc3c21. The number of nitrogens with zero attached hydrogens (tertiary/aromatic N) is 3. The van der Waals surface area contributed by atoms with Gasteiger partial charge in [-0.1, -0.05) is 60.7 Å². The Bertz CT molecular complexity index is 1930. The van der Waals surface area contributed by atoms with Gasteiger partial charge in [-0.3, -0.25) is 4.98 Å². The Balaban J connectivity index is 1.69. The smallest absolute Gasteiger partial charge is 0.160 e. The van der Waals surface area contributed by atoms with Crippen molar-refractivity contribution in [2.75, 3.05) is 0 Å². The lowest BCUT2D eigenvalue weighted by Crippen LogP contribution is -1.98. The van der Waals surface area contributed by atoms with E-state index < -0.39 is 0 Å². The van der Waals surface area contributed by atoms with Crippen molar-refractivity contribution >= 4 is 43.7 Å². The van der Waals surface area contributed by atoms with Gasteiger partial charge >= 0.3 is 0 Å². The van der Waals surface area contributed by atoms with Crippen LogP contribution in [0.15, 0.2) is 108 Å². The number of para-hydroxylation sites is 3. The van der Waals surface area contributed by atoms with Gasteiger partial charge in [-0.05, 0) is 30.3 Å². The maximum absolute atomic E-state index is 9.77. The van der Waals surface area contributed by atoms with Crippen molar-refractivity contribution in [3.05, 3.63) is 109 Å². The molecule has 4 heteroatoms. The number of nitriles is 1. The highest BCUT2D eigenvalue weighted by Gasteiger charge is 2.21. The van der Waals surface area contributed by atoms with Gasteiger partial charge in [0.15, 0.2) is 5.58 Å². The second-order valence-electron chi connectivity index (χ2n) is 8.34. The molecule has 0 fully saturated rings. The van der Waals surface area contributed by atoms with E-state index in [0.717, 1.165) is 60.6 Å². The highest BCUT2D eigenvalue weighted by atomic mass is 16.3. The van der Waals surface area contributed by atoms with Crippen LogP contribution in [0.4, 0.5) is 0 Å². The minimum Gasteiger partial charge on any atom is -0.454 e. The largest absolute Gasteiger partial charge is 0.454 e. The van der Waals surface area contributed by atoms with Crippen LogP contribution in [0.1, 0.15) is 5.56 Å². The lowest BCUT2D eigenvalue weighted by atomic mass is 10.0. The van der Waals surface area contributed by atoms with Gasteiger partial charge in [-0.25, -0.2) is 0 Å². The Hall–Kier alpha value is -4.88. The molecule has 0 radical (unpaired) electrons. The van der Waals surface area contributed by atoms with Crippen molar-refractivity contribution in [1.82, 2.24) is 9.55 Å². The molecule has 0 aliphatic heterocycles. The summed E-state index contributed by atoms with van der Waals surface area (Å²) in [4.78, 5) is 4.32. The third-order valence-corrected chi connectivity index (χ3v) is 6.56. The van der Waals surface area contributed by atoms with E-state index in [1.54, 1.807) is 18.5 Å². The van der Waals surface area contributed by atoms with E-state index in [2.05, 4.69) is 64.2 Å². The van der Waals surface area contributed by atoms with E-state index in [9.17, 15) is 5.26 Å². The number of fused-ring (bicyclic) bond motifs is 7. The van der Waals surface area contributed by atoms with Gasteiger partial charge in [-0.2, -0.15) is 5.26 Å². The summed E-state index contributed by atoms with van der Waals surface area (Å²) in [6.07, 6.45) is 3.42. The first-order chi connectivity index (χ1) is 16.8. The number of rotatable bonds is 2. The first kappa shape index (κ1) is 18.7. The average molecular weight is 435 g/mol. The van der Waals surface area contributed by atoms with Gasteiger partial charge in [0, 0.05) is 45.1 Å². The molecule has 0 saturated carbocycles. The zero-order valence-electron chi connectivity index (χ0n) is 18.1. The van der Waals surface area contributed by atoms with Crippen molar-refractivity contribution in [2.24, 2.45) is 0 Å². The van der Waals surface area contributed by atoms with E-state index in [1.807, 2.05) is 36.4 Å². The van der Waals surface area contributed by atoms with Crippen molar-refractivity contribution in [2.45, 2.75) is 0 Å². The second-order valence-corrected chi connectivity index (χ2v) is 8.34. The molecule has 7 aromatic rings. The number of pyridine rings is 1. The lowest BCUT2D eigenvalue weighted by Gasteiger charge is -2.14. The summed E-state index contributed by atoms with van der Waals surface area (Å²) in [5, 5.41) is 14.2. The third-order valence-electron chi connectivity index (χ3n) is 6.56. The average Bonchev–Trinajstić information content (AvgIpc) is 3.44. The molecular weight excluding hydrogens is 418 g/mol. The van der Waals surface area contributed by atoms with E-state index >= 15 is 0 Å². The standard InChI is InChI=1S/C30H17N3O/c31-17-19-15-16-32-18-25(19)21-8-2-5-11-27(21)33-26-10-4-1-7-20(26)23-13-14-24-22-9-3-6-12-28(22)34-30(24)29(23)33/h1-16,18H. The predicted molar refractivity (Wildman–Crippen MR) is 136 cm³/mol. The molecule has 0 bridgehead atoms. The Kier molecular flexibility index (Phi) is 3.88. The molecule has 0 aliphatic carbocycles. The summed E-state index contributed by atoms with van der Waals surface area (Å²) < 4.78 is 8.73. The van der Waals surface area contributed by atoms with Gasteiger partial charge in [0.05, 0.1) is 28.4 Å². The second kappa shape index (κ2) is 7.06. The highest BCUT2D eigenvalue weighted by Crippen LogP contribution is 2.41. The first-order valence-corrected chi connectivity index (χ1v) is 11.1. The molecule has 3 aromatic heterocycles. The number of aromatic nitrogens is 2. The molecule has 0 unspecified atom stereocenters. The van der Waals surface area contributed by atoms with Crippen LogP contribution in [0.3, 0.4) is 0 Å². The van der Waals surface area contributed by atoms with Crippen molar-refractivity contribution in [3.63, 3.8) is 0 Å². The fraction of sp³-hybridized carbons (Fsp3) is 0. The molecule has 0 amide bonds. The van der Waals surface area contributed by atoms with E-state index in [4.69, 9.17) is 4.42 Å². The molecule has 34 heavy (non-hydrogen) atoms. The summed E-state index contributed by atoms with van der Waals surface area (Å²) >= 11 is 0. The molecule has 158 valence electrons. The monoisotopic (exact) mass is 435 g/mol. The molecule has 0 aliphatic rings. The minimum absolute atomic E-state index is 0.595. The fourth-order valence-corrected chi connectivity index (χ4v) is 5.08. The van der Waals surface area contributed by atoms with Crippen LogP contribution >= 0.6 is 0 Å². The highest BCUT2D eigenvalue weighted by molar-refractivity contribution is 6.21. The molecule has 4 nitrogen and oxygen atoms in total. The Morgan fingerprint density at radius 2 is 1.47 bits per heavy atom. The Labute approximate surface area is 194 Å². The number of hydrogen-bond donors (Lipinski definition) is 0. The predicted octanol–water partition coefficient (Wildman–Crippen LogP) is 7.62. The van der Waals surface area contributed by atoms with Crippen LogP contribution in [-0.4, -0.2) is 9.55 Å². The maximum Gasteiger partial charge on any atom is 0.160 e. The summed E-state index contributed by atoms with van der Waals surface area (Å²) in [7, 11) is 0. The number of benzene rings is 4. The van der Waals surface area contributed by atoms with Crippen molar-refractivity contribution in [1.29, 1.82) is 5.26 Å². The molecule has 4 aromatic carbocycles. The van der Waals surface area contributed by atoms with Crippen molar-refractivity contribution < 1.29 is 4.42 Å². The van der Waals surface area contributed by atoms with Gasteiger partial charge in [0.25, 0.3) is 0 Å². The van der Waals surface area contributed by atoms with Crippen molar-refractivity contribution in [3.8, 4) is 22.9 Å². The summed E-state index contributed by atoms with van der Waals surface area (Å²) in [5.41, 5.74) is 7.16. The van der Waals surface area contributed by atoms with E-state index in [0.29, 0.717) is 5.56 Å². The van der Waals surface area contributed by atoms with Crippen LogP contribution in [0.25, 0.3) is 60.6 Å². The molecule has 7 rings (SSSR count). The number of hydrogen-bond acceptors (Lipinski definition) is 3. The fourth-order valence-electron chi connectivity index (χ4n) is 5.08. The summed E-state index contributed by atoms with van der Waals surface area (Å²) in [6.45, 7) is 0. The zero-order chi connectivity index (χ0) is 22.6. The summed E-state index contributed by atoms with van der Waals surface area (Å²) in [5.74, 6) is 0. The van der Waals surface area contributed by atoms with Gasteiger partial charge in [-0.15, -0.1) is 0 Å². The quantitative estimate of drug-likeness (QED) is 0.281. The van der Waals surface area contributed by atoms with Crippen LogP contribution in [-0.2, 0) is 0 Å². The normalized spacial score (nSPS) is 11.5. The lowest BCUT2D eigenvalue weighted by molar-refractivity contribution is 0.671. The Morgan fingerprint density at radius 3 is 2.38 bits per heavy atom. The number of furan rings is 1.